The molecule has 3 heteroatoms. The van der Waals surface area contributed by atoms with Gasteiger partial charge in [0.05, 0.1) is 0 Å². The molecule has 2 saturated heterocycles. The Bertz CT molecular complexity index is 277. The summed E-state index contributed by atoms with van der Waals surface area (Å²) in [6, 6.07) is 2.58. The van der Waals surface area contributed by atoms with Crippen molar-refractivity contribution in [1.82, 2.24) is 15.1 Å². The molecule has 3 atom stereocenters. The summed E-state index contributed by atoms with van der Waals surface area (Å²) >= 11 is 0. The molecule has 1 aliphatic carbocycles. The number of nitrogens with zero attached hydrogens (tertiary/aromatic N) is 2. The Morgan fingerprint density at radius 1 is 0.944 bits per heavy atom. The third-order valence-corrected chi connectivity index (χ3v) is 5.18. The standard InChI is InChI=1S/C15H29N3/c1-3-16-15-7-9-17(10-12(15)2)14-6-8-18(11-14)13-4-5-13/h12-16H,3-11H2,1-2H3. The molecule has 0 aromatic carbocycles. The molecule has 0 amide bonds. The summed E-state index contributed by atoms with van der Waals surface area (Å²) in [7, 11) is 0. The Morgan fingerprint density at radius 3 is 2.33 bits per heavy atom. The minimum Gasteiger partial charge on any atom is -0.314 e. The molecule has 3 aliphatic rings. The second-order valence-electron chi connectivity index (χ2n) is 6.59. The number of piperidine rings is 1. The van der Waals surface area contributed by atoms with Gasteiger partial charge in [-0.3, -0.25) is 9.80 Å². The number of nitrogens with one attached hydrogen (secondary N) is 1. The lowest BCUT2D eigenvalue weighted by molar-refractivity contribution is 0.105. The van der Waals surface area contributed by atoms with Crippen molar-refractivity contribution in [2.45, 2.75) is 57.7 Å². The molecule has 2 heterocycles. The van der Waals surface area contributed by atoms with Gasteiger partial charge in [0.2, 0.25) is 0 Å². The first-order valence-electron chi connectivity index (χ1n) is 7.99. The molecule has 2 aliphatic heterocycles. The van der Waals surface area contributed by atoms with Crippen LogP contribution in [0, 0.1) is 5.92 Å². The van der Waals surface area contributed by atoms with Crippen LogP contribution in [0.5, 0.6) is 0 Å². The fraction of sp³-hybridized carbons (Fsp3) is 1.00. The lowest BCUT2D eigenvalue weighted by Gasteiger charge is -2.40. The van der Waals surface area contributed by atoms with Crippen LogP contribution >= 0.6 is 0 Å². The third-order valence-electron chi connectivity index (χ3n) is 5.18. The van der Waals surface area contributed by atoms with Gasteiger partial charge < -0.3 is 5.32 Å². The lowest BCUT2D eigenvalue weighted by atomic mass is 9.92. The monoisotopic (exact) mass is 251 g/mol. The lowest BCUT2D eigenvalue weighted by Crippen LogP contribution is -2.52. The van der Waals surface area contributed by atoms with Gasteiger partial charge in [-0.15, -0.1) is 0 Å². The van der Waals surface area contributed by atoms with Crippen LogP contribution in [0.4, 0.5) is 0 Å². The van der Waals surface area contributed by atoms with E-state index in [-0.39, 0.29) is 0 Å². The van der Waals surface area contributed by atoms with E-state index >= 15 is 0 Å². The summed E-state index contributed by atoms with van der Waals surface area (Å²) in [5, 5.41) is 3.65. The maximum absolute atomic E-state index is 3.65. The molecule has 3 unspecified atom stereocenters. The Balaban J connectivity index is 1.49. The highest BCUT2D eigenvalue weighted by atomic mass is 15.3. The highest BCUT2D eigenvalue weighted by Crippen LogP contribution is 2.32. The van der Waals surface area contributed by atoms with Gasteiger partial charge in [0, 0.05) is 37.8 Å². The average Bonchev–Trinajstić information content (AvgIpc) is 3.10. The molecule has 0 spiro atoms. The van der Waals surface area contributed by atoms with Gasteiger partial charge in [-0.05, 0) is 44.7 Å². The summed E-state index contributed by atoms with van der Waals surface area (Å²) in [6.45, 7) is 11.1. The van der Waals surface area contributed by atoms with Crippen molar-refractivity contribution < 1.29 is 0 Å². The van der Waals surface area contributed by atoms with E-state index in [1.807, 2.05) is 0 Å². The molecule has 3 nitrogen and oxygen atoms in total. The van der Waals surface area contributed by atoms with Crippen LogP contribution in [0.3, 0.4) is 0 Å². The minimum atomic E-state index is 0.757. The van der Waals surface area contributed by atoms with E-state index in [2.05, 4.69) is 29.0 Å². The van der Waals surface area contributed by atoms with Gasteiger partial charge >= 0.3 is 0 Å². The predicted octanol–water partition coefficient (Wildman–Crippen LogP) is 1.54. The topological polar surface area (TPSA) is 18.5 Å². The summed E-state index contributed by atoms with van der Waals surface area (Å²) < 4.78 is 0. The molecular formula is C15H29N3. The second kappa shape index (κ2) is 5.48. The fourth-order valence-electron chi connectivity index (χ4n) is 3.91. The van der Waals surface area contributed by atoms with Crippen molar-refractivity contribution in [3.63, 3.8) is 0 Å². The number of hydrogen-bond donors (Lipinski definition) is 1. The Hall–Kier alpha value is -0.120. The quantitative estimate of drug-likeness (QED) is 0.818. The van der Waals surface area contributed by atoms with E-state index in [9.17, 15) is 0 Å². The van der Waals surface area contributed by atoms with Crippen molar-refractivity contribution in [2.24, 2.45) is 5.92 Å². The molecule has 3 fully saturated rings. The van der Waals surface area contributed by atoms with Gasteiger partial charge in [0.15, 0.2) is 0 Å². The summed E-state index contributed by atoms with van der Waals surface area (Å²) in [5.74, 6) is 0.814. The Morgan fingerprint density at radius 2 is 1.67 bits per heavy atom. The Kier molecular flexibility index (Phi) is 3.92. The van der Waals surface area contributed by atoms with Crippen LogP contribution in [0.25, 0.3) is 0 Å². The maximum Gasteiger partial charge on any atom is 0.0235 e. The van der Waals surface area contributed by atoms with E-state index in [0.29, 0.717) is 0 Å². The van der Waals surface area contributed by atoms with Crippen molar-refractivity contribution in [1.29, 1.82) is 0 Å². The molecule has 104 valence electrons. The van der Waals surface area contributed by atoms with Gasteiger partial charge in [-0.25, -0.2) is 0 Å². The first-order valence-corrected chi connectivity index (χ1v) is 7.99. The van der Waals surface area contributed by atoms with Crippen LogP contribution < -0.4 is 5.32 Å². The second-order valence-corrected chi connectivity index (χ2v) is 6.59. The molecule has 0 aromatic heterocycles. The fourth-order valence-corrected chi connectivity index (χ4v) is 3.91. The number of hydrogen-bond acceptors (Lipinski definition) is 3. The number of rotatable bonds is 4. The zero-order valence-electron chi connectivity index (χ0n) is 12.1. The first-order chi connectivity index (χ1) is 8.78. The summed E-state index contributed by atoms with van der Waals surface area (Å²) in [6.07, 6.45) is 5.68. The van der Waals surface area contributed by atoms with E-state index in [0.717, 1.165) is 30.6 Å². The molecule has 0 aromatic rings. The maximum atomic E-state index is 3.65. The largest absolute Gasteiger partial charge is 0.314 e. The van der Waals surface area contributed by atoms with Crippen LogP contribution in [0.15, 0.2) is 0 Å². The first kappa shape index (κ1) is 12.9. The minimum absolute atomic E-state index is 0.757. The van der Waals surface area contributed by atoms with Gasteiger partial charge in [0.1, 0.15) is 0 Å². The summed E-state index contributed by atoms with van der Waals surface area (Å²) in [4.78, 5) is 5.52. The normalized spacial score (nSPS) is 39.3. The van der Waals surface area contributed by atoms with Crippen molar-refractivity contribution in [2.75, 3.05) is 32.7 Å². The SMILES string of the molecule is CCNC1CCN(C2CCN(C3CC3)C2)CC1C. The highest BCUT2D eigenvalue weighted by Gasteiger charge is 2.38. The van der Waals surface area contributed by atoms with Gasteiger partial charge in [0.25, 0.3) is 0 Å². The van der Waals surface area contributed by atoms with Crippen LogP contribution in [-0.2, 0) is 0 Å². The van der Waals surface area contributed by atoms with Crippen molar-refractivity contribution in [3.8, 4) is 0 Å². The molecule has 0 radical (unpaired) electrons. The molecule has 1 saturated carbocycles. The zero-order valence-corrected chi connectivity index (χ0v) is 12.1. The number of likely N-dealkylation sites (tertiary alicyclic amines) is 2. The molecule has 0 bridgehead atoms. The van der Waals surface area contributed by atoms with Gasteiger partial charge in [-0.2, -0.15) is 0 Å². The third kappa shape index (κ3) is 2.73. The van der Waals surface area contributed by atoms with Gasteiger partial charge in [-0.1, -0.05) is 13.8 Å². The predicted molar refractivity (Wildman–Crippen MR) is 75.8 cm³/mol. The average molecular weight is 251 g/mol. The highest BCUT2D eigenvalue weighted by molar-refractivity contribution is 4.94. The molecule has 3 rings (SSSR count). The van der Waals surface area contributed by atoms with E-state index in [1.54, 1.807) is 0 Å². The van der Waals surface area contributed by atoms with E-state index < -0.39 is 0 Å². The van der Waals surface area contributed by atoms with E-state index in [4.69, 9.17) is 0 Å². The van der Waals surface area contributed by atoms with Crippen molar-refractivity contribution >= 4 is 0 Å². The van der Waals surface area contributed by atoms with Crippen LogP contribution in [0.2, 0.25) is 0 Å². The molecule has 18 heavy (non-hydrogen) atoms. The molecular weight excluding hydrogens is 222 g/mol. The van der Waals surface area contributed by atoms with Crippen molar-refractivity contribution in [3.05, 3.63) is 0 Å². The molecule has 1 N–H and O–H groups in total. The summed E-state index contributed by atoms with van der Waals surface area (Å²) in [5.41, 5.74) is 0. The van der Waals surface area contributed by atoms with Crippen LogP contribution in [-0.4, -0.2) is 60.6 Å². The Labute approximate surface area is 112 Å². The van der Waals surface area contributed by atoms with Crippen LogP contribution in [0.1, 0.15) is 39.5 Å². The smallest absolute Gasteiger partial charge is 0.0235 e. The zero-order chi connectivity index (χ0) is 12.5. The van der Waals surface area contributed by atoms with E-state index in [1.165, 1.54) is 51.9 Å².